The SMILES string of the molecule is COCCN(C)CCC(NC1CC1)C(=O)O. The maximum absolute atomic E-state index is 11.0. The third-order valence-electron chi connectivity index (χ3n) is 2.79. The van der Waals surface area contributed by atoms with Crippen molar-refractivity contribution in [2.75, 3.05) is 33.9 Å². The lowest BCUT2D eigenvalue weighted by Crippen LogP contribution is -2.40. The zero-order valence-corrected chi connectivity index (χ0v) is 10.1. The van der Waals surface area contributed by atoms with E-state index in [1.165, 1.54) is 0 Å². The molecule has 0 aromatic heterocycles. The summed E-state index contributed by atoms with van der Waals surface area (Å²) in [6.45, 7) is 2.30. The van der Waals surface area contributed by atoms with E-state index in [9.17, 15) is 4.79 Å². The van der Waals surface area contributed by atoms with Crippen LogP contribution in [0.2, 0.25) is 0 Å². The number of hydrogen-bond acceptors (Lipinski definition) is 4. The molecular formula is C11H22N2O3. The Labute approximate surface area is 96.8 Å². The van der Waals surface area contributed by atoms with Crippen LogP contribution in [0.3, 0.4) is 0 Å². The van der Waals surface area contributed by atoms with Crippen LogP contribution in [0.15, 0.2) is 0 Å². The number of nitrogens with zero attached hydrogens (tertiary/aromatic N) is 1. The first-order valence-corrected chi connectivity index (χ1v) is 5.80. The van der Waals surface area contributed by atoms with Gasteiger partial charge in [-0.25, -0.2) is 0 Å². The molecule has 1 atom stereocenters. The van der Waals surface area contributed by atoms with E-state index in [0.29, 0.717) is 19.1 Å². The highest BCUT2D eigenvalue weighted by Crippen LogP contribution is 2.20. The molecule has 0 heterocycles. The maximum Gasteiger partial charge on any atom is 0.320 e. The number of hydrogen-bond donors (Lipinski definition) is 2. The number of ether oxygens (including phenoxy) is 1. The Morgan fingerprint density at radius 1 is 1.56 bits per heavy atom. The van der Waals surface area contributed by atoms with Gasteiger partial charge >= 0.3 is 5.97 Å². The fraction of sp³-hybridized carbons (Fsp3) is 0.909. The maximum atomic E-state index is 11.0. The molecule has 1 saturated carbocycles. The molecule has 0 aromatic rings. The molecule has 1 aliphatic rings. The number of methoxy groups -OCH3 is 1. The average molecular weight is 230 g/mol. The second-order valence-corrected chi connectivity index (χ2v) is 4.42. The van der Waals surface area contributed by atoms with Crippen LogP contribution < -0.4 is 5.32 Å². The van der Waals surface area contributed by atoms with Crippen LogP contribution in [0.4, 0.5) is 0 Å². The van der Waals surface area contributed by atoms with E-state index >= 15 is 0 Å². The van der Waals surface area contributed by atoms with Crippen LogP contribution in [0, 0.1) is 0 Å². The van der Waals surface area contributed by atoms with E-state index < -0.39 is 12.0 Å². The van der Waals surface area contributed by atoms with E-state index in [1.54, 1.807) is 7.11 Å². The lowest BCUT2D eigenvalue weighted by Gasteiger charge is -2.19. The summed E-state index contributed by atoms with van der Waals surface area (Å²) in [5.41, 5.74) is 0. The minimum atomic E-state index is -0.743. The van der Waals surface area contributed by atoms with Gasteiger partial charge in [0, 0.05) is 19.7 Å². The van der Waals surface area contributed by atoms with Crippen molar-refractivity contribution in [2.45, 2.75) is 31.3 Å². The molecule has 5 nitrogen and oxygen atoms in total. The van der Waals surface area contributed by atoms with Crippen molar-refractivity contribution in [3.05, 3.63) is 0 Å². The Bertz CT molecular complexity index is 219. The Kier molecular flexibility index (Phi) is 5.73. The topological polar surface area (TPSA) is 61.8 Å². The summed E-state index contributed by atoms with van der Waals surface area (Å²) in [7, 11) is 3.65. The van der Waals surface area contributed by atoms with Gasteiger partial charge in [-0.05, 0) is 32.9 Å². The monoisotopic (exact) mass is 230 g/mol. The van der Waals surface area contributed by atoms with E-state index in [2.05, 4.69) is 10.2 Å². The summed E-state index contributed by atoms with van der Waals surface area (Å²) < 4.78 is 4.97. The Hall–Kier alpha value is -0.650. The summed E-state index contributed by atoms with van der Waals surface area (Å²) in [5, 5.41) is 12.2. The van der Waals surface area contributed by atoms with E-state index in [1.807, 2.05) is 7.05 Å². The van der Waals surface area contributed by atoms with Crippen molar-refractivity contribution < 1.29 is 14.6 Å². The summed E-state index contributed by atoms with van der Waals surface area (Å²) in [4.78, 5) is 13.1. The van der Waals surface area contributed by atoms with Crippen LogP contribution in [0.1, 0.15) is 19.3 Å². The summed E-state index contributed by atoms with van der Waals surface area (Å²) in [5.74, 6) is -0.743. The van der Waals surface area contributed by atoms with Crippen LogP contribution in [0.5, 0.6) is 0 Å². The number of rotatable bonds is 9. The number of carbonyl (C=O) groups is 1. The van der Waals surface area contributed by atoms with Gasteiger partial charge in [0.1, 0.15) is 6.04 Å². The molecule has 0 amide bonds. The van der Waals surface area contributed by atoms with E-state index in [-0.39, 0.29) is 0 Å². The molecule has 0 spiro atoms. The molecule has 94 valence electrons. The van der Waals surface area contributed by atoms with Gasteiger partial charge in [0.05, 0.1) is 6.61 Å². The lowest BCUT2D eigenvalue weighted by atomic mass is 10.2. The molecule has 1 unspecified atom stereocenters. The fourth-order valence-corrected chi connectivity index (χ4v) is 1.52. The average Bonchev–Trinajstić information content (AvgIpc) is 3.04. The quantitative estimate of drug-likeness (QED) is 0.591. The molecule has 0 bridgehead atoms. The van der Waals surface area contributed by atoms with Gasteiger partial charge in [-0.2, -0.15) is 0 Å². The second kappa shape index (κ2) is 6.83. The number of aliphatic carboxylic acids is 1. The standard InChI is InChI=1S/C11H22N2O3/c1-13(7-8-16-2)6-5-10(11(14)15)12-9-3-4-9/h9-10,12H,3-8H2,1-2H3,(H,14,15). The smallest absolute Gasteiger partial charge is 0.320 e. The highest BCUT2D eigenvalue weighted by atomic mass is 16.5. The van der Waals surface area contributed by atoms with Crippen LogP contribution in [0.25, 0.3) is 0 Å². The Morgan fingerprint density at radius 2 is 2.25 bits per heavy atom. The minimum absolute atomic E-state index is 0.405. The first kappa shape index (κ1) is 13.4. The summed E-state index contributed by atoms with van der Waals surface area (Å²) in [6, 6.07) is 0.0304. The molecule has 0 saturated heterocycles. The molecular weight excluding hydrogens is 208 g/mol. The van der Waals surface area contributed by atoms with Crippen molar-refractivity contribution >= 4 is 5.97 Å². The Balaban J connectivity index is 2.17. The number of nitrogens with one attached hydrogen (secondary N) is 1. The third-order valence-corrected chi connectivity index (χ3v) is 2.79. The van der Waals surface area contributed by atoms with Crippen molar-refractivity contribution in [3.63, 3.8) is 0 Å². The van der Waals surface area contributed by atoms with Gasteiger partial charge in [-0.15, -0.1) is 0 Å². The van der Waals surface area contributed by atoms with Crippen LogP contribution in [-0.2, 0) is 9.53 Å². The highest BCUT2D eigenvalue weighted by Gasteiger charge is 2.27. The molecule has 5 heteroatoms. The molecule has 1 aliphatic carbocycles. The largest absolute Gasteiger partial charge is 0.480 e. The summed E-state index contributed by atoms with van der Waals surface area (Å²) >= 11 is 0. The molecule has 0 aromatic carbocycles. The van der Waals surface area contributed by atoms with Crippen molar-refractivity contribution in [1.29, 1.82) is 0 Å². The second-order valence-electron chi connectivity index (χ2n) is 4.42. The van der Waals surface area contributed by atoms with Crippen LogP contribution in [-0.4, -0.2) is 61.9 Å². The zero-order chi connectivity index (χ0) is 12.0. The molecule has 16 heavy (non-hydrogen) atoms. The van der Waals surface area contributed by atoms with Gasteiger partial charge in [-0.1, -0.05) is 0 Å². The Morgan fingerprint density at radius 3 is 2.75 bits per heavy atom. The first-order valence-electron chi connectivity index (χ1n) is 5.80. The minimum Gasteiger partial charge on any atom is -0.480 e. The number of likely N-dealkylation sites (N-methyl/N-ethyl adjacent to an activating group) is 1. The predicted octanol–water partition coefficient (Wildman–Crippen LogP) is 0.160. The van der Waals surface area contributed by atoms with Crippen molar-refractivity contribution in [1.82, 2.24) is 10.2 Å². The van der Waals surface area contributed by atoms with Gasteiger partial charge in [0.25, 0.3) is 0 Å². The van der Waals surface area contributed by atoms with Gasteiger partial charge in [-0.3, -0.25) is 4.79 Å². The lowest BCUT2D eigenvalue weighted by molar-refractivity contribution is -0.139. The van der Waals surface area contributed by atoms with Crippen molar-refractivity contribution in [3.8, 4) is 0 Å². The number of carboxylic acids is 1. The molecule has 2 N–H and O–H groups in total. The highest BCUT2D eigenvalue weighted by molar-refractivity contribution is 5.73. The van der Waals surface area contributed by atoms with E-state index in [4.69, 9.17) is 9.84 Å². The first-order chi connectivity index (χ1) is 7.63. The molecule has 1 fully saturated rings. The summed E-state index contributed by atoms with van der Waals surface area (Å²) in [6.07, 6.45) is 2.87. The normalized spacial score (nSPS) is 17.7. The third kappa shape index (κ3) is 5.44. The number of carboxylic acid groups (broad SMARTS) is 1. The van der Waals surface area contributed by atoms with E-state index in [0.717, 1.165) is 25.9 Å². The zero-order valence-electron chi connectivity index (χ0n) is 10.1. The molecule has 0 aliphatic heterocycles. The fourth-order valence-electron chi connectivity index (χ4n) is 1.52. The van der Waals surface area contributed by atoms with Gasteiger partial charge in [0.15, 0.2) is 0 Å². The molecule has 0 radical (unpaired) electrons. The van der Waals surface area contributed by atoms with Gasteiger partial charge in [0.2, 0.25) is 0 Å². The van der Waals surface area contributed by atoms with Gasteiger partial charge < -0.3 is 20.1 Å². The van der Waals surface area contributed by atoms with Crippen molar-refractivity contribution in [2.24, 2.45) is 0 Å². The predicted molar refractivity (Wildman–Crippen MR) is 61.6 cm³/mol. The molecule has 1 rings (SSSR count). The van der Waals surface area contributed by atoms with Crippen LogP contribution >= 0.6 is 0 Å².